The van der Waals surface area contributed by atoms with E-state index in [9.17, 15) is 14.7 Å². The molecule has 172 valence electrons. The molecule has 1 unspecified atom stereocenters. The molecule has 1 heterocycles. The number of rotatable bonds is 5. The molecule has 0 radical (unpaired) electrons. The molecule has 1 aliphatic carbocycles. The van der Waals surface area contributed by atoms with Crippen molar-refractivity contribution in [2.45, 2.75) is 32.2 Å². The monoisotopic (exact) mass is 454 g/mol. The first-order valence-corrected chi connectivity index (χ1v) is 11.5. The molecule has 0 amide bonds. The molecule has 3 aromatic carbocycles. The van der Waals surface area contributed by atoms with E-state index in [1.165, 1.54) is 0 Å². The van der Waals surface area contributed by atoms with Crippen LogP contribution in [0.4, 0.5) is 11.4 Å². The molecule has 0 saturated carbocycles. The lowest BCUT2D eigenvalue weighted by molar-refractivity contribution is -0.116. The second kappa shape index (κ2) is 9.06. The highest BCUT2D eigenvalue weighted by atomic mass is 16.5. The van der Waals surface area contributed by atoms with Gasteiger partial charge in [0.1, 0.15) is 0 Å². The summed E-state index contributed by atoms with van der Waals surface area (Å²) >= 11 is 0. The van der Waals surface area contributed by atoms with Crippen molar-refractivity contribution in [1.29, 1.82) is 0 Å². The molecule has 5 rings (SSSR count). The maximum atomic E-state index is 13.1. The number of fused-ring (bicyclic) bond motifs is 1. The molecule has 6 nitrogen and oxygen atoms in total. The van der Waals surface area contributed by atoms with E-state index >= 15 is 0 Å². The van der Waals surface area contributed by atoms with E-state index in [1.807, 2.05) is 37.3 Å². The summed E-state index contributed by atoms with van der Waals surface area (Å²) in [4.78, 5) is 26.1. The van der Waals surface area contributed by atoms with Crippen LogP contribution < -0.4 is 15.4 Å². The minimum absolute atomic E-state index is 0.0557. The van der Waals surface area contributed by atoms with Gasteiger partial charge in [-0.25, -0.2) is 0 Å². The minimum Gasteiger partial charge on any atom is -0.504 e. The van der Waals surface area contributed by atoms with Crippen LogP contribution in [0.2, 0.25) is 0 Å². The molecule has 3 aromatic rings. The Labute approximate surface area is 198 Å². The van der Waals surface area contributed by atoms with Crippen LogP contribution in [0.25, 0.3) is 0 Å². The summed E-state index contributed by atoms with van der Waals surface area (Å²) in [7, 11) is 0. The summed E-state index contributed by atoms with van der Waals surface area (Å²) in [5, 5.41) is 17.1. The van der Waals surface area contributed by atoms with Crippen LogP contribution in [0.15, 0.2) is 78.0 Å². The number of Topliss-reactive ketones (excluding diaryl/α,β-unsaturated/α-hetero) is 1. The Hall–Kier alpha value is -4.06. The predicted octanol–water partition coefficient (Wildman–Crippen LogP) is 5.61. The van der Waals surface area contributed by atoms with Crippen molar-refractivity contribution in [1.82, 2.24) is 0 Å². The van der Waals surface area contributed by atoms with Gasteiger partial charge in [-0.15, -0.1) is 0 Å². The molecule has 0 bridgehead atoms. The average molecular weight is 455 g/mol. The van der Waals surface area contributed by atoms with Gasteiger partial charge in [0, 0.05) is 28.8 Å². The number of aromatic hydroxyl groups is 1. The van der Waals surface area contributed by atoms with Crippen LogP contribution in [0.1, 0.15) is 53.7 Å². The van der Waals surface area contributed by atoms with Crippen molar-refractivity contribution in [2.75, 3.05) is 17.2 Å². The molecule has 0 aromatic heterocycles. The average Bonchev–Trinajstić information content (AvgIpc) is 3.02. The third-order valence-electron chi connectivity index (χ3n) is 6.26. The molecule has 0 spiro atoms. The van der Waals surface area contributed by atoms with Gasteiger partial charge < -0.3 is 20.5 Å². The molecule has 0 fully saturated rings. The second-order valence-corrected chi connectivity index (χ2v) is 8.49. The molecule has 1 atom stereocenters. The molecule has 3 N–H and O–H groups in total. The molecule has 0 saturated heterocycles. The van der Waals surface area contributed by atoms with Crippen LogP contribution in [0, 0.1) is 0 Å². The lowest BCUT2D eigenvalue weighted by atomic mass is 9.86. The second-order valence-electron chi connectivity index (χ2n) is 8.49. The van der Waals surface area contributed by atoms with Crippen molar-refractivity contribution in [2.24, 2.45) is 0 Å². The number of benzene rings is 3. The maximum Gasteiger partial charge on any atom is 0.193 e. The first-order valence-electron chi connectivity index (χ1n) is 11.5. The summed E-state index contributed by atoms with van der Waals surface area (Å²) < 4.78 is 5.58. The number of ketones is 2. The van der Waals surface area contributed by atoms with Gasteiger partial charge >= 0.3 is 0 Å². The van der Waals surface area contributed by atoms with Crippen LogP contribution in [-0.2, 0) is 4.79 Å². The number of hydrogen-bond donors (Lipinski definition) is 3. The third-order valence-corrected chi connectivity index (χ3v) is 6.26. The molecule has 1 aliphatic heterocycles. The summed E-state index contributed by atoms with van der Waals surface area (Å²) in [6, 6.07) is 19.5. The van der Waals surface area contributed by atoms with E-state index in [0.717, 1.165) is 35.5 Å². The topological polar surface area (TPSA) is 87.7 Å². The number of carbonyl (C=O) groups excluding carboxylic acids is 2. The van der Waals surface area contributed by atoms with E-state index in [-0.39, 0.29) is 17.3 Å². The summed E-state index contributed by atoms with van der Waals surface area (Å²) in [6.45, 7) is 2.28. The summed E-state index contributed by atoms with van der Waals surface area (Å²) in [5.41, 5.74) is 5.13. The molecule has 34 heavy (non-hydrogen) atoms. The Balaban J connectivity index is 1.58. The van der Waals surface area contributed by atoms with Gasteiger partial charge in [0.05, 0.1) is 24.0 Å². The Bertz CT molecular complexity index is 1300. The van der Waals surface area contributed by atoms with E-state index in [0.29, 0.717) is 35.5 Å². The van der Waals surface area contributed by atoms with Crippen molar-refractivity contribution in [3.05, 3.63) is 94.7 Å². The highest BCUT2D eigenvalue weighted by molar-refractivity contribution is 6.10. The van der Waals surface area contributed by atoms with Crippen LogP contribution in [0.5, 0.6) is 11.5 Å². The van der Waals surface area contributed by atoms with Crippen LogP contribution >= 0.6 is 0 Å². The Morgan fingerprint density at radius 3 is 2.62 bits per heavy atom. The number of phenolic OH excluding ortho intramolecular Hbond substituents is 1. The fraction of sp³-hybridized carbons (Fsp3) is 0.214. The highest BCUT2D eigenvalue weighted by Gasteiger charge is 2.32. The summed E-state index contributed by atoms with van der Waals surface area (Å²) in [5.74, 6) is 0.477. The lowest BCUT2D eigenvalue weighted by Gasteiger charge is -2.25. The Morgan fingerprint density at radius 1 is 1.00 bits per heavy atom. The van der Waals surface area contributed by atoms with E-state index in [1.54, 1.807) is 36.4 Å². The zero-order valence-electron chi connectivity index (χ0n) is 18.9. The van der Waals surface area contributed by atoms with E-state index < -0.39 is 6.04 Å². The number of ether oxygens (including phenoxy) is 1. The van der Waals surface area contributed by atoms with Gasteiger partial charge in [-0.2, -0.15) is 0 Å². The Morgan fingerprint density at radius 2 is 1.82 bits per heavy atom. The minimum atomic E-state index is -0.410. The van der Waals surface area contributed by atoms with E-state index in [2.05, 4.69) is 10.6 Å². The van der Waals surface area contributed by atoms with Crippen molar-refractivity contribution < 1.29 is 19.4 Å². The number of phenols is 1. The number of nitrogens with one attached hydrogen (secondary N) is 2. The number of carbonyl (C=O) groups is 2. The van der Waals surface area contributed by atoms with Crippen LogP contribution in [0.3, 0.4) is 0 Å². The molecular weight excluding hydrogens is 428 g/mol. The van der Waals surface area contributed by atoms with Gasteiger partial charge in [0.2, 0.25) is 0 Å². The predicted molar refractivity (Wildman–Crippen MR) is 131 cm³/mol. The van der Waals surface area contributed by atoms with Crippen LogP contribution in [-0.4, -0.2) is 23.3 Å². The maximum absolute atomic E-state index is 13.1. The lowest BCUT2D eigenvalue weighted by Crippen LogP contribution is -2.23. The van der Waals surface area contributed by atoms with E-state index in [4.69, 9.17) is 4.74 Å². The highest BCUT2D eigenvalue weighted by Crippen LogP contribution is 2.42. The zero-order chi connectivity index (χ0) is 23.7. The van der Waals surface area contributed by atoms with Gasteiger partial charge in [0.25, 0.3) is 0 Å². The smallest absolute Gasteiger partial charge is 0.193 e. The SMILES string of the molecule is CCOc1cc(C2Nc3ccc(C(=O)c4ccccc4)cc3NC3=C2C(=O)CCC3)ccc1O. The van der Waals surface area contributed by atoms with Crippen molar-refractivity contribution >= 4 is 22.9 Å². The third kappa shape index (κ3) is 4.03. The molecule has 2 aliphatic rings. The first kappa shape index (κ1) is 21.8. The fourth-order valence-electron chi connectivity index (χ4n) is 4.62. The zero-order valence-corrected chi connectivity index (χ0v) is 18.9. The van der Waals surface area contributed by atoms with Gasteiger partial charge in [-0.3, -0.25) is 9.59 Å². The summed E-state index contributed by atoms with van der Waals surface area (Å²) in [6.07, 6.45) is 2.00. The van der Waals surface area contributed by atoms with Gasteiger partial charge in [0.15, 0.2) is 23.1 Å². The quantitative estimate of drug-likeness (QED) is 0.435. The Kier molecular flexibility index (Phi) is 5.80. The van der Waals surface area contributed by atoms with Crippen molar-refractivity contribution in [3.63, 3.8) is 0 Å². The largest absolute Gasteiger partial charge is 0.504 e. The number of allylic oxidation sites excluding steroid dienone is 1. The standard InChI is InChI=1S/C28H26N2O4/c1-2-34-25-16-18(12-14-23(25)31)27-26-21(9-6-10-24(26)32)29-22-15-19(11-13-20(22)30-27)28(33)17-7-4-3-5-8-17/h3-5,7-8,11-16,27,29-31H,2,6,9-10H2,1H3. The first-order chi connectivity index (χ1) is 16.5. The number of anilines is 2. The molecular formula is C28H26N2O4. The van der Waals surface area contributed by atoms with Gasteiger partial charge in [-0.05, 0) is 55.7 Å². The fourth-order valence-corrected chi connectivity index (χ4v) is 4.62. The van der Waals surface area contributed by atoms with Crippen molar-refractivity contribution in [3.8, 4) is 11.5 Å². The normalized spacial score (nSPS) is 17.1. The number of hydrogen-bond acceptors (Lipinski definition) is 6. The van der Waals surface area contributed by atoms with Gasteiger partial charge in [-0.1, -0.05) is 36.4 Å². The molecule has 6 heteroatoms.